The lowest BCUT2D eigenvalue weighted by molar-refractivity contribution is -0.524. The molecule has 0 aliphatic carbocycles. The van der Waals surface area contributed by atoms with Crippen LogP contribution in [0.1, 0.15) is 163 Å². The minimum Gasteiger partial charge on any atom is -0.390 e. The molecule has 1 rings (SSSR count). The van der Waals surface area contributed by atoms with E-state index in [-0.39, 0.29) is 68.7 Å². The van der Waals surface area contributed by atoms with Crippen LogP contribution in [0.2, 0.25) is 0 Å². The van der Waals surface area contributed by atoms with E-state index in [1.54, 1.807) is 93.5 Å². The summed E-state index contributed by atoms with van der Waals surface area (Å²) in [6.45, 7) is 29.1. The molecule has 0 saturated carbocycles. The van der Waals surface area contributed by atoms with Gasteiger partial charge in [-0.2, -0.15) is 0 Å². The van der Waals surface area contributed by atoms with Gasteiger partial charge in [0.2, 0.25) is 71.0 Å². The molecule has 0 bridgehead atoms. The van der Waals surface area contributed by atoms with Crippen LogP contribution in [0, 0.1) is 51.5 Å². The van der Waals surface area contributed by atoms with Crippen LogP contribution in [-0.4, -0.2) is 263 Å². The number of rotatable bonds is 20. The Morgan fingerprint density at radius 2 is 0.862 bits per heavy atom. The van der Waals surface area contributed by atoms with Gasteiger partial charge < -0.3 is 65.6 Å². The van der Waals surface area contributed by atoms with Gasteiger partial charge in [-0.3, -0.25) is 62.9 Å². The first-order valence-corrected chi connectivity index (χ1v) is 33.5. The first-order valence-electron chi connectivity index (χ1n) is 33.5. The number of nitrogens with one attached hydrogen (secondary N) is 4. The molecule has 5 N–H and O–H groups in total. The molecule has 0 aromatic heterocycles. The number of amides is 11. The van der Waals surface area contributed by atoms with Crippen molar-refractivity contribution in [3.8, 4) is 0 Å². The van der Waals surface area contributed by atoms with Crippen LogP contribution < -0.4 is 21.3 Å². The van der Waals surface area contributed by atoms with Gasteiger partial charge in [-0.05, 0) is 115 Å². The Hall–Kier alpha value is -6.77. The zero-order valence-corrected chi connectivity index (χ0v) is 61.6. The Morgan fingerprint density at radius 1 is 0.479 bits per heavy atom. The van der Waals surface area contributed by atoms with Crippen molar-refractivity contribution in [2.45, 2.75) is 241 Å². The minimum atomic E-state index is -1.73. The quantitative estimate of drug-likeness (QED) is 0.0664. The number of nitrogens with zero attached hydrogens (tertiary/aromatic N) is 9. The van der Waals surface area contributed by atoms with Crippen LogP contribution in [0.25, 0.3) is 0 Å². The average Bonchev–Trinajstić information content (AvgIpc) is 0.812. The second-order valence-electron chi connectivity index (χ2n) is 28.7. The standard InChI is InChI=1S/C67H121N13O14/c1-27-29-30-43(15)56(81)55-60(85)70-47(28-2)62(87)76(23)52(35-46(80(93)94)36-72(18)19)64(89)73(20)49(32-38(5)6)59(84)71-53(41(11)12)66(91)74(21)48(31-37(3)4)58(83)68-44(16)57(82)69-45(17)61(86)75(22)50(33-39(7)8)63(88)77(24)51(34-40(9)10)65(90)78(25)54(42(13)14)67(92)79(55)26/h27,29,37-56,81H,28,30-36H2,1-26H3,(H,68,83)(H,69,82)(H,70,85)(H,71,84)/t43-,44+,45-,46?,47+,48+,49+,50+,51+,52-,53+,54+,55+,56-/m1/s1. The van der Waals surface area contributed by atoms with Gasteiger partial charge in [-0.1, -0.05) is 109 Å². The lowest BCUT2D eigenvalue weighted by Crippen LogP contribution is -2.64. The van der Waals surface area contributed by atoms with Gasteiger partial charge in [-0.25, -0.2) is 0 Å². The summed E-state index contributed by atoms with van der Waals surface area (Å²) >= 11 is 0. The van der Waals surface area contributed by atoms with Crippen molar-refractivity contribution in [3.05, 3.63) is 22.3 Å². The summed E-state index contributed by atoms with van der Waals surface area (Å²) in [6.07, 6.45) is 1.84. The fraction of sp³-hybridized carbons (Fsp3) is 0.806. The van der Waals surface area contributed by atoms with Gasteiger partial charge >= 0.3 is 0 Å². The first-order chi connectivity index (χ1) is 43.3. The molecule has 11 amide bonds. The lowest BCUT2D eigenvalue weighted by atomic mass is 9.91. The second-order valence-corrected chi connectivity index (χ2v) is 28.7. The second kappa shape index (κ2) is 38.7. The highest BCUT2D eigenvalue weighted by Gasteiger charge is 2.47. The van der Waals surface area contributed by atoms with E-state index in [1.807, 2.05) is 41.5 Å². The third kappa shape index (κ3) is 23.8. The third-order valence-electron chi connectivity index (χ3n) is 17.8. The van der Waals surface area contributed by atoms with Gasteiger partial charge in [0.15, 0.2) is 0 Å². The summed E-state index contributed by atoms with van der Waals surface area (Å²) in [5.41, 5.74) is 0. The van der Waals surface area contributed by atoms with Crippen LogP contribution in [0.3, 0.4) is 0 Å². The molecule has 1 aliphatic heterocycles. The molecule has 0 radical (unpaired) electrons. The molecular weight excluding hydrogens is 1210 g/mol. The number of aliphatic hydroxyl groups excluding tert-OH is 1. The number of hydrogen-bond acceptors (Lipinski definition) is 15. The number of aliphatic hydroxyl groups is 1. The molecule has 1 aliphatic rings. The van der Waals surface area contributed by atoms with Gasteiger partial charge in [0.25, 0.3) is 0 Å². The van der Waals surface area contributed by atoms with Crippen LogP contribution in [0.4, 0.5) is 0 Å². The number of nitro groups is 1. The number of allylic oxidation sites excluding steroid dienone is 2. The highest BCUT2D eigenvalue weighted by Crippen LogP contribution is 2.27. The topological polar surface area (TPSA) is 325 Å². The van der Waals surface area contributed by atoms with E-state index in [0.717, 1.165) is 14.7 Å². The van der Waals surface area contributed by atoms with Crippen LogP contribution in [0.5, 0.6) is 0 Å². The maximum Gasteiger partial charge on any atom is 0.246 e. The highest BCUT2D eigenvalue weighted by molar-refractivity contribution is 6.00. The Balaban J connectivity index is 4.63. The maximum absolute atomic E-state index is 15.4. The van der Waals surface area contributed by atoms with Gasteiger partial charge in [0.05, 0.1) is 12.6 Å². The monoisotopic (exact) mass is 1330 g/mol. The number of hydrogen-bond donors (Lipinski definition) is 5. The van der Waals surface area contributed by atoms with Crippen LogP contribution >= 0.6 is 0 Å². The van der Waals surface area contributed by atoms with E-state index in [9.17, 15) is 39.2 Å². The van der Waals surface area contributed by atoms with Gasteiger partial charge in [0, 0.05) is 60.7 Å². The van der Waals surface area contributed by atoms with Crippen molar-refractivity contribution in [1.82, 2.24) is 60.5 Å². The summed E-state index contributed by atoms with van der Waals surface area (Å²) in [6, 6.07) is -16.4. The van der Waals surface area contributed by atoms with E-state index in [1.165, 1.54) is 82.8 Å². The summed E-state index contributed by atoms with van der Waals surface area (Å²) in [7, 11) is 12.8. The molecule has 1 heterocycles. The molecule has 0 aromatic carbocycles. The molecule has 27 heteroatoms. The van der Waals surface area contributed by atoms with E-state index in [2.05, 4.69) is 21.3 Å². The zero-order valence-electron chi connectivity index (χ0n) is 61.6. The SMILES string of the molecule is CC=CC[C@@H](C)[C@@H](O)[C@H]1C(=O)N[C@@H](CC)C(=O)N(C)[C@H](CC(CN(C)C)[N+](=O)[O-])C(=O)N(C)[C@@H](CC(C)C)C(=O)N[C@@H](C(C)C)C(=O)N(C)[C@@H](CC(C)C)C(=O)N[C@@H](C)C(=O)N[C@H](C)C(=O)N(C)[C@@H](CC(C)C)C(=O)N(C)[C@@H](CC(C)C)C(=O)N(C)[C@@H](C(C)C)C(=O)N1C. The molecule has 0 aromatic rings. The molecule has 94 heavy (non-hydrogen) atoms. The van der Waals surface area contributed by atoms with Crippen molar-refractivity contribution >= 4 is 65.0 Å². The molecule has 1 unspecified atom stereocenters. The highest BCUT2D eigenvalue weighted by atomic mass is 16.6. The smallest absolute Gasteiger partial charge is 0.246 e. The molecule has 27 nitrogen and oxygen atoms in total. The fourth-order valence-electron chi connectivity index (χ4n) is 12.0. The molecule has 14 atom stereocenters. The molecule has 538 valence electrons. The summed E-state index contributed by atoms with van der Waals surface area (Å²) < 4.78 is 0. The van der Waals surface area contributed by atoms with E-state index in [4.69, 9.17) is 0 Å². The van der Waals surface area contributed by atoms with E-state index >= 15 is 28.8 Å². The molecular formula is C67H121N13O14. The normalized spacial score (nSPS) is 26.6. The van der Waals surface area contributed by atoms with Gasteiger partial charge in [-0.15, -0.1) is 0 Å². The Morgan fingerprint density at radius 3 is 1.28 bits per heavy atom. The van der Waals surface area contributed by atoms with Crippen LogP contribution in [0.15, 0.2) is 12.2 Å². The molecule has 1 saturated heterocycles. The van der Waals surface area contributed by atoms with Crippen molar-refractivity contribution in [2.75, 3.05) is 70.0 Å². The minimum absolute atomic E-state index is 0.00635. The van der Waals surface area contributed by atoms with Crippen LogP contribution in [-0.2, 0) is 52.7 Å². The average molecular weight is 1330 g/mol. The number of carbonyl (C=O) groups is 11. The fourth-order valence-corrected chi connectivity index (χ4v) is 12.0. The first kappa shape index (κ1) is 85.2. The van der Waals surface area contributed by atoms with E-state index < -0.39 is 173 Å². The zero-order chi connectivity index (χ0) is 73.0. The van der Waals surface area contributed by atoms with Crippen molar-refractivity contribution < 1.29 is 62.8 Å². The summed E-state index contributed by atoms with van der Waals surface area (Å²) in [5.74, 6) is -11.2. The maximum atomic E-state index is 15.4. The molecule has 0 spiro atoms. The summed E-state index contributed by atoms with van der Waals surface area (Å²) in [4.78, 5) is 186. The lowest BCUT2D eigenvalue weighted by Gasteiger charge is -2.41. The van der Waals surface area contributed by atoms with Crippen molar-refractivity contribution in [2.24, 2.45) is 41.4 Å². The predicted molar refractivity (Wildman–Crippen MR) is 361 cm³/mol. The predicted octanol–water partition coefficient (Wildman–Crippen LogP) is 3.23. The Kier molecular flexibility index (Phi) is 35.1. The molecule has 1 fully saturated rings. The van der Waals surface area contributed by atoms with Gasteiger partial charge in [0.1, 0.15) is 66.5 Å². The number of likely N-dealkylation sites (N-methyl/N-ethyl adjacent to an activating group) is 8. The number of carbonyl (C=O) groups excluding carboxylic acids is 11. The van der Waals surface area contributed by atoms with Crippen molar-refractivity contribution in [1.29, 1.82) is 0 Å². The van der Waals surface area contributed by atoms with Crippen molar-refractivity contribution in [3.63, 3.8) is 0 Å². The summed E-state index contributed by atoms with van der Waals surface area (Å²) in [5, 5.41) is 36.1. The van der Waals surface area contributed by atoms with E-state index in [0.29, 0.717) is 0 Å². The largest absolute Gasteiger partial charge is 0.390 e. The Bertz CT molecular complexity index is 2610. The third-order valence-corrected chi connectivity index (χ3v) is 17.8. The Labute approximate surface area is 561 Å².